The van der Waals surface area contributed by atoms with Crippen LogP contribution in [0.3, 0.4) is 0 Å². The van der Waals surface area contributed by atoms with Gasteiger partial charge in [0.25, 0.3) is 0 Å². The molecule has 0 aliphatic carbocycles. The van der Waals surface area contributed by atoms with E-state index in [0.29, 0.717) is 6.42 Å². The summed E-state index contributed by atoms with van der Waals surface area (Å²) in [7, 11) is -2.05. The van der Waals surface area contributed by atoms with Crippen molar-refractivity contribution in [3.05, 3.63) is 70.6 Å². The molecule has 0 fully saturated rings. The van der Waals surface area contributed by atoms with E-state index in [0.717, 1.165) is 27.8 Å². The first-order valence-electron chi connectivity index (χ1n) is 8.29. The molecule has 0 aliphatic heterocycles. The average molecular weight is 375 g/mol. The van der Waals surface area contributed by atoms with Gasteiger partial charge in [0.05, 0.1) is 12.7 Å². The van der Waals surface area contributed by atoms with Gasteiger partial charge in [0.2, 0.25) is 10.0 Å². The number of nitrogens with one attached hydrogen (secondary N) is 1. The normalized spacial score (nSPS) is 14.3. The van der Waals surface area contributed by atoms with Gasteiger partial charge in [-0.3, -0.25) is 0 Å². The Morgan fingerprint density at radius 3 is 2.31 bits per heavy atom. The molecule has 0 saturated heterocycles. The van der Waals surface area contributed by atoms with E-state index >= 15 is 0 Å². The fourth-order valence-corrected chi connectivity index (χ4v) is 3.34. The molecule has 2 N–H and O–H groups in total. The number of sulfonamides is 1. The van der Waals surface area contributed by atoms with Gasteiger partial charge in [-0.1, -0.05) is 42.0 Å². The highest BCUT2D eigenvalue weighted by molar-refractivity contribution is 7.92. The summed E-state index contributed by atoms with van der Waals surface area (Å²) in [6, 6.07) is 14.8. The predicted molar refractivity (Wildman–Crippen MR) is 104 cm³/mol. The second-order valence-corrected chi connectivity index (χ2v) is 8.25. The van der Waals surface area contributed by atoms with Gasteiger partial charge >= 0.3 is 0 Å². The summed E-state index contributed by atoms with van der Waals surface area (Å²) in [5, 5.41) is 11.6. The highest BCUT2D eigenvalue weighted by Crippen LogP contribution is 2.17. The average Bonchev–Trinajstić information content (AvgIpc) is 2.60. The van der Waals surface area contributed by atoms with Crippen LogP contribution in [0.1, 0.15) is 23.6 Å². The molecule has 0 amide bonds. The Morgan fingerprint density at radius 1 is 1.12 bits per heavy atom. The van der Waals surface area contributed by atoms with Crippen LogP contribution in [0.4, 0.5) is 0 Å². The molecule has 0 aromatic heterocycles. The van der Waals surface area contributed by atoms with E-state index in [1.54, 1.807) is 26.2 Å². The van der Waals surface area contributed by atoms with Crippen molar-refractivity contribution in [1.29, 1.82) is 0 Å². The Kier molecular flexibility index (Phi) is 6.58. The maximum absolute atomic E-state index is 12.1. The molecular formula is C20H25NO4S. The minimum atomic E-state index is -3.64. The topological polar surface area (TPSA) is 75.6 Å². The van der Waals surface area contributed by atoms with Crippen molar-refractivity contribution in [2.75, 3.05) is 13.7 Å². The van der Waals surface area contributed by atoms with Crippen molar-refractivity contribution in [1.82, 2.24) is 4.72 Å². The van der Waals surface area contributed by atoms with Crippen molar-refractivity contribution >= 4 is 16.1 Å². The monoisotopic (exact) mass is 375 g/mol. The second-order valence-electron chi connectivity index (χ2n) is 6.60. The fraction of sp³-hybridized carbons (Fsp3) is 0.300. The zero-order valence-electron chi connectivity index (χ0n) is 15.3. The Bertz CT molecular complexity index is 838. The lowest BCUT2D eigenvalue weighted by Crippen LogP contribution is -2.41. The van der Waals surface area contributed by atoms with E-state index in [9.17, 15) is 13.5 Å². The van der Waals surface area contributed by atoms with Crippen LogP contribution in [0, 0.1) is 6.92 Å². The quantitative estimate of drug-likeness (QED) is 0.744. The summed E-state index contributed by atoms with van der Waals surface area (Å²) in [4.78, 5) is 0. The number of ether oxygens (including phenoxy) is 1. The lowest BCUT2D eigenvalue weighted by atomic mass is 9.97. The third kappa shape index (κ3) is 6.63. The molecule has 0 radical (unpaired) electrons. The lowest BCUT2D eigenvalue weighted by molar-refractivity contribution is 0.0658. The van der Waals surface area contributed by atoms with E-state index in [1.165, 1.54) is 6.08 Å². The van der Waals surface area contributed by atoms with Crippen LogP contribution in [0.2, 0.25) is 0 Å². The minimum absolute atomic E-state index is 0.0837. The van der Waals surface area contributed by atoms with Crippen molar-refractivity contribution in [2.24, 2.45) is 0 Å². The standard InChI is InChI=1S/C20H25NO4S/c1-16-4-6-17(7-5-16)12-13-26(23,24)21-15-20(2,22)14-18-8-10-19(25-3)11-9-18/h4-13,21-22H,14-15H2,1-3H3/b13-12+/t20-/m0/s1. The van der Waals surface area contributed by atoms with E-state index in [4.69, 9.17) is 4.74 Å². The number of hydrogen-bond acceptors (Lipinski definition) is 4. The smallest absolute Gasteiger partial charge is 0.233 e. The number of rotatable bonds is 8. The molecule has 0 spiro atoms. The first-order chi connectivity index (χ1) is 12.2. The summed E-state index contributed by atoms with van der Waals surface area (Å²) >= 11 is 0. The van der Waals surface area contributed by atoms with Crippen LogP contribution in [0.15, 0.2) is 53.9 Å². The molecular weight excluding hydrogens is 350 g/mol. The molecule has 6 heteroatoms. The van der Waals surface area contributed by atoms with Crippen molar-refractivity contribution in [3.63, 3.8) is 0 Å². The molecule has 5 nitrogen and oxygen atoms in total. The Labute approximate surface area is 155 Å². The van der Waals surface area contributed by atoms with Gasteiger partial charge in [0.1, 0.15) is 5.75 Å². The number of hydrogen-bond donors (Lipinski definition) is 2. The molecule has 0 aliphatic rings. The van der Waals surface area contributed by atoms with E-state index in [2.05, 4.69) is 4.72 Å². The van der Waals surface area contributed by atoms with E-state index in [1.807, 2.05) is 43.3 Å². The van der Waals surface area contributed by atoms with Crippen molar-refractivity contribution in [2.45, 2.75) is 25.9 Å². The summed E-state index contributed by atoms with van der Waals surface area (Å²) in [6.45, 7) is 3.49. The van der Waals surface area contributed by atoms with Gasteiger partial charge < -0.3 is 9.84 Å². The lowest BCUT2D eigenvalue weighted by Gasteiger charge is -2.23. The van der Waals surface area contributed by atoms with Crippen LogP contribution in [-0.2, 0) is 16.4 Å². The third-order valence-electron chi connectivity index (χ3n) is 3.92. The molecule has 0 heterocycles. The van der Waals surface area contributed by atoms with E-state index < -0.39 is 15.6 Å². The van der Waals surface area contributed by atoms with Crippen LogP contribution in [0.5, 0.6) is 5.75 Å². The van der Waals surface area contributed by atoms with Crippen molar-refractivity contribution < 1.29 is 18.3 Å². The molecule has 0 saturated carbocycles. The Balaban J connectivity index is 1.94. The SMILES string of the molecule is COc1ccc(C[C@](C)(O)CNS(=O)(=O)/C=C/c2ccc(C)cc2)cc1. The van der Waals surface area contributed by atoms with Crippen molar-refractivity contribution in [3.8, 4) is 5.75 Å². The van der Waals surface area contributed by atoms with E-state index in [-0.39, 0.29) is 6.54 Å². The number of aliphatic hydroxyl groups is 1. The van der Waals surface area contributed by atoms with Gasteiger partial charge in [-0.25, -0.2) is 13.1 Å². The Morgan fingerprint density at radius 2 is 1.73 bits per heavy atom. The minimum Gasteiger partial charge on any atom is -0.497 e. The van der Waals surface area contributed by atoms with Gasteiger partial charge in [0.15, 0.2) is 0 Å². The largest absolute Gasteiger partial charge is 0.497 e. The molecule has 2 aromatic rings. The molecule has 26 heavy (non-hydrogen) atoms. The molecule has 2 aromatic carbocycles. The van der Waals surface area contributed by atoms with Gasteiger partial charge in [-0.15, -0.1) is 0 Å². The van der Waals surface area contributed by atoms with Crippen LogP contribution in [0.25, 0.3) is 6.08 Å². The van der Waals surface area contributed by atoms with Gasteiger partial charge in [-0.2, -0.15) is 0 Å². The Hall–Kier alpha value is -2.15. The number of methoxy groups -OCH3 is 1. The highest BCUT2D eigenvalue weighted by Gasteiger charge is 2.23. The summed E-state index contributed by atoms with van der Waals surface area (Å²) in [5.74, 6) is 0.732. The third-order valence-corrected chi connectivity index (χ3v) is 4.96. The number of benzene rings is 2. The van der Waals surface area contributed by atoms with Gasteiger partial charge in [0, 0.05) is 18.4 Å². The molecule has 140 valence electrons. The highest BCUT2D eigenvalue weighted by atomic mass is 32.2. The maximum Gasteiger partial charge on any atom is 0.233 e. The van der Waals surface area contributed by atoms with Crippen LogP contribution < -0.4 is 9.46 Å². The predicted octanol–water partition coefficient (Wildman–Crippen LogP) is 2.89. The maximum atomic E-state index is 12.1. The molecule has 0 bridgehead atoms. The fourth-order valence-electron chi connectivity index (χ4n) is 2.40. The summed E-state index contributed by atoms with van der Waals surface area (Å²) in [5.41, 5.74) is 1.59. The van der Waals surface area contributed by atoms with Crippen LogP contribution in [-0.4, -0.2) is 32.8 Å². The zero-order chi connectivity index (χ0) is 19.2. The first-order valence-corrected chi connectivity index (χ1v) is 9.83. The van der Waals surface area contributed by atoms with Gasteiger partial charge in [-0.05, 0) is 43.2 Å². The first kappa shape index (κ1) is 20.2. The zero-order valence-corrected chi connectivity index (χ0v) is 16.1. The summed E-state index contributed by atoms with van der Waals surface area (Å²) < 4.78 is 31.8. The summed E-state index contributed by atoms with van der Waals surface area (Å²) in [6.07, 6.45) is 1.85. The molecule has 0 unspecified atom stereocenters. The molecule has 1 atom stereocenters. The number of aryl methyl sites for hydroxylation is 1. The second kappa shape index (κ2) is 8.49. The molecule has 2 rings (SSSR count). The van der Waals surface area contributed by atoms with Crippen LogP contribution >= 0.6 is 0 Å².